The highest BCUT2D eigenvalue weighted by Crippen LogP contribution is 2.24. The van der Waals surface area contributed by atoms with Gasteiger partial charge in [-0.2, -0.15) is 0 Å². The van der Waals surface area contributed by atoms with E-state index in [0.29, 0.717) is 6.54 Å². The van der Waals surface area contributed by atoms with Crippen LogP contribution in [0.2, 0.25) is 0 Å². The van der Waals surface area contributed by atoms with Gasteiger partial charge < -0.3 is 20.1 Å². The van der Waals surface area contributed by atoms with E-state index in [9.17, 15) is 10.1 Å². The molecule has 2 aromatic carbocycles. The number of hydrogen-bond acceptors (Lipinski definition) is 6. The van der Waals surface area contributed by atoms with E-state index in [1.165, 1.54) is 17.2 Å². The second kappa shape index (κ2) is 10.0. The third-order valence-electron chi connectivity index (χ3n) is 4.55. The number of nitro benzene ring substituents is 1. The normalized spacial score (nSPS) is 10.0. The van der Waals surface area contributed by atoms with Crippen LogP contribution in [0.1, 0.15) is 16.7 Å². The highest BCUT2D eigenvalue weighted by molar-refractivity contribution is 6.27. The molecule has 0 bridgehead atoms. The molecule has 0 aliphatic heterocycles. The Morgan fingerprint density at radius 1 is 1.10 bits per heavy atom. The number of carbonyl (C=O) groups is 2. The molecule has 0 aliphatic carbocycles. The summed E-state index contributed by atoms with van der Waals surface area (Å²) in [5.74, 6) is -2.93. The van der Waals surface area contributed by atoms with E-state index in [2.05, 4.69) is 42.3 Å². The smallest absolute Gasteiger partial charge is 0.414 e. The van der Waals surface area contributed by atoms with Crippen molar-refractivity contribution in [1.82, 2.24) is 9.55 Å². The van der Waals surface area contributed by atoms with Gasteiger partial charge in [0.15, 0.2) is 0 Å². The summed E-state index contributed by atoms with van der Waals surface area (Å²) < 4.78 is 1.99. The molecule has 3 aromatic rings. The number of aromatic nitrogens is 2. The number of carboxylic acid groups (broad SMARTS) is 2. The van der Waals surface area contributed by atoms with E-state index in [1.54, 1.807) is 12.1 Å². The molecule has 162 valence electrons. The van der Waals surface area contributed by atoms with E-state index < -0.39 is 11.9 Å². The molecule has 1 aromatic heterocycles. The lowest BCUT2D eigenvalue weighted by atomic mass is 10.0. The first-order valence-corrected chi connectivity index (χ1v) is 9.13. The van der Waals surface area contributed by atoms with Gasteiger partial charge in [0.1, 0.15) is 0 Å². The summed E-state index contributed by atoms with van der Waals surface area (Å²) in [7, 11) is 1.95. The Balaban J connectivity index is 0.000000501. The maximum atomic E-state index is 10.9. The minimum absolute atomic E-state index is 0.0926. The van der Waals surface area contributed by atoms with Crippen molar-refractivity contribution in [3.8, 4) is 11.3 Å². The lowest BCUT2D eigenvalue weighted by molar-refractivity contribution is -0.384. The number of nitrogens with one attached hydrogen (secondary N) is 1. The molecule has 31 heavy (non-hydrogen) atoms. The number of non-ortho nitro benzene ring substituents is 1. The van der Waals surface area contributed by atoms with Crippen LogP contribution in [0, 0.1) is 24.0 Å². The number of rotatable bonds is 5. The fraction of sp³-hybridized carbons (Fsp3) is 0.190. The molecule has 10 nitrogen and oxygen atoms in total. The molecule has 10 heteroatoms. The van der Waals surface area contributed by atoms with Gasteiger partial charge >= 0.3 is 11.9 Å². The van der Waals surface area contributed by atoms with E-state index in [1.807, 2.05) is 23.9 Å². The number of carboxylic acids is 2. The number of imidazole rings is 1. The average molecular weight is 426 g/mol. The SMILES string of the molecule is Cc1ccc(-c2cnc(NCc3cccc([N+](=O)[O-])c3)n2C)cc1C.O=C(O)C(=O)O. The zero-order valence-electron chi connectivity index (χ0n) is 17.2. The van der Waals surface area contributed by atoms with Gasteiger partial charge in [0.2, 0.25) is 5.95 Å². The molecule has 0 fully saturated rings. The Hall–Kier alpha value is -4.21. The van der Waals surface area contributed by atoms with E-state index in [4.69, 9.17) is 19.8 Å². The summed E-state index contributed by atoms with van der Waals surface area (Å²) in [6.45, 7) is 4.66. The largest absolute Gasteiger partial charge is 0.473 e. The summed E-state index contributed by atoms with van der Waals surface area (Å²) in [6, 6.07) is 12.9. The molecule has 0 atom stereocenters. The minimum atomic E-state index is -1.82. The Kier molecular flexibility index (Phi) is 7.45. The number of benzene rings is 2. The summed E-state index contributed by atoms with van der Waals surface area (Å²) in [5, 5.41) is 28.9. The molecule has 1 heterocycles. The number of nitro groups is 1. The van der Waals surface area contributed by atoms with Crippen LogP contribution in [-0.4, -0.2) is 36.6 Å². The molecular formula is C21H22N4O6. The standard InChI is InChI=1S/C19H20N4O2.C2H2O4/c1-13-7-8-16(9-14(13)2)18-12-21-19(22(18)3)20-11-15-5-4-6-17(10-15)23(24)25;3-1(4)2(5)6/h4-10,12H,11H2,1-3H3,(H,20,21);(H,3,4)(H,5,6). The number of aliphatic carboxylic acids is 2. The Bertz CT molecular complexity index is 1110. The number of nitrogens with zero attached hydrogens (tertiary/aromatic N) is 3. The Morgan fingerprint density at radius 2 is 1.77 bits per heavy atom. The number of aryl methyl sites for hydroxylation is 2. The highest BCUT2D eigenvalue weighted by atomic mass is 16.6. The van der Waals surface area contributed by atoms with Gasteiger partial charge in [0, 0.05) is 31.3 Å². The van der Waals surface area contributed by atoms with E-state index in [-0.39, 0.29) is 10.6 Å². The summed E-state index contributed by atoms with van der Waals surface area (Å²) in [5.41, 5.74) is 5.56. The van der Waals surface area contributed by atoms with Crippen LogP contribution < -0.4 is 5.32 Å². The van der Waals surface area contributed by atoms with Crippen molar-refractivity contribution >= 4 is 23.6 Å². The monoisotopic (exact) mass is 426 g/mol. The molecule has 0 spiro atoms. The lowest BCUT2D eigenvalue weighted by Crippen LogP contribution is -2.09. The van der Waals surface area contributed by atoms with E-state index in [0.717, 1.165) is 22.8 Å². The lowest BCUT2D eigenvalue weighted by Gasteiger charge is -2.09. The predicted octanol–water partition coefficient (Wildman–Crippen LogP) is 3.38. The topological polar surface area (TPSA) is 148 Å². The zero-order chi connectivity index (χ0) is 23.1. The molecule has 0 saturated heterocycles. The van der Waals surface area contributed by atoms with Gasteiger partial charge in [-0.15, -0.1) is 0 Å². The predicted molar refractivity (Wildman–Crippen MR) is 114 cm³/mol. The van der Waals surface area contributed by atoms with Gasteiger partial charge in [-0.05, 0) is 36.6 Å². The van der Waals surface area contributed by atoms with Crippen molar-refractivity contribution < 1.29 is 24.7 Å². The molecular weight excluding hydrogens is 404 g/mol. The molecule has 0 radical (unpaired) electrons. The first kappa shape index (κ1) is 23.1. The van der Waals surface area contributed by atoms with Crippen LogP contribution in [-0.2, 0) is 23.2 Å². The molecule has 3 N–H and O–H groups in total. The van der Waals surface area contributed by atoms with Crippen LogP contribution >= 0.6 is 0 Å². The maximum Gasteiger partial charge on any atom is 0.414 e. The molecule has 0 unspecified atom stereocenters. The van der Waals surface area contributed by atoms with Crippen molar-refractivity contribution in [3.05, 3.63) is 75.5 Å². The summed E-state index contributed by atoms with van der Waals surface area (Å²) in [6.07, 6.45) is 1.83. The van der Waals surface area contributed by atoms with Crippen molar-refractivity contribution in [1.29, 1.82) is 0 Å². The average Bonchev–Trinajstić information content (AvgIpc) is 3.09. The summed E-state index contributed by atoms with van der Waals surface area (Å²) >= 11 is 0. The van der Waals surface area contributed by atoms with Crippen molar-refractivity contribution in [2.24, 2.45) is 7.05 Å². The summed E-state index contributed by atoms with van der Waals surface area (Å²) in [4.78, 5) is 33.1. The van der Waals surface area contributed by atoms with Gasteiger partial charge in [-0.25, -0.2) is 14.6 Å². The third kappa shape index (κ3) is 6.13. The quantitative estimate of drug-likeness (QED) is 0.319. The van der Waals surface area contributed by atoms with Crippen LogP contribution in [0.3, 0.4) is 0 Å². The molecule has 0 aliphatic rings. The van der Waals surface area contributed by atoms with Crippen molar-refractivity contribution in [2.75, 3.05) is 5.32 Å². The van der Waals surface area contributed by atoms with Crippen LogP contribution in [0.4, 0.5) is 11.6 Å². The van der Waals surface area contributed by atoms with Crippen molar-refractivity contribution in [2.45, 2.75) is 20.4 Å². The second-order valence-electron chi connectivity index (χ2n) is 6.72. The fourth-order valence-corrected chi connectivity index (χ4v) is 2.70. The van der Waals surface area contributed by atoms with Crippen LogP contribution in [0.15, 0.2) is 48.7 Å². The maximum absolute atomic E-state index is 10.9. The second-order valence-corrected chi connectivity index (χ2v) is 6.72. The molecule has 0 amide bonds. The van der Waals surface area contributed by atoms with Gasteiger partial charge in [-0.1, -0.05) is 24.3 Å². The van der Waals surface area contributed by atoms with Gasteiger partial charge in [0.25, 0.3) is 5.69 Å². The first-order chi connectivity index (χ1) is 14.6. The Labute approximate surface area is 177 Å². The minimum Gasteiger partial charge on any atom is -0.473 e. The van der Waals surface area contributed by atoms with E-state index >= 15 is 0 Å². The molecule has 0 saturated carbocycles. The van der Waals surface area contributed by atoms with Gasteiger partial charge in [-0.3, -0.25) is 10.1 Å². The van der Waals surface area contributed by atoms with Crippen LogP contribution in [0.25, 0.3) is 11.3 Å². The van der Waals surface area contributed by atoms with Crippen molar-refractivity contribution in [3.63, 3.8) is 0 Å². The highest BCUT2D eigenvalue weighted by Gasteiger charge is 2.10. The fourth-order valence-electron chi connectivity index (χ4n) is 2.70. The molecule has 3 rings (SSSR count). The van der Waals surface area contributed by atoms with Gasteiger partial charge in [0.05, 0.1) is 16.8 Å². The number of hydrogen-bond donors (Lipinski definition) is 3. The zero-order valence-corrected chi connectivity index (χ0v) is 17.2. The number of anilines is 1. The Morgan fingerprint density at radius 3 is 2.35 bits per heavy atom. The first-order valence-electron chi connectivity index (χ1n) is 9.13. The third-order valence-corrected chi connectivity index (χ3v) is 4.55. The van der Waals surface area contributed by atoms with Crippen LogP contribution in [0.5, 0.6) is 0 Å².